The van der Waals surface area contributed by atoms with Crippen LogP contribution in [-0.4, -0.2) is 22.1 Å². The molecule has 0 bridgehead atoms. The van der Waals surface area contributed by atoms with Crippen LogP contribution in [0.15, 0.2) is 48.6 Å². The van der Waals surface area contributed by atoms with E-state index >= 15 is 0 Å². The molecule has 1 aliphatic rings. The molecule has 1 aromatic carbocycles. The molecule has 1 aromatic rings. The lowest BCUT2D eigenvalue weighted by atomic mass is 10.1. The van der Waals surface area contributed by atoms with Gasteiger partial charge in [0, 0.05) is 0 Å². The maximum absolute atomic E-state index is 11.5. The summed E-state index contributed by atoms with van der Waals surface area (Å²) in [4.78, 5) is 22.5. The van der Waals surface area contributed by atoms with Gasteiger partial charge in [0.05, 0.1) is 0 Å². The molecule has 0 spiro atoms. The third-order valence-corrected chi connectivity index (χ3v) is 2.41. The van der Waals surface area contributed by atoms with Gasteiger partial charge in [0.15, 0.2) is 5.78 Å². The summed E-state index contributed by atoms with van der Waals surface area (Å²) in [5.41, 5.74) is 6.25. The zero-order valence-electron chi connectivity index (χ0n) is 9.37. The van der Waals surface area contributed by atoms with Crippen LogP contribution in [0.25, 0.3) is 0 Å². The molecule has 2 rings (SSSR count). The number of carbonyl (C=O) groups excluding carboxylic acids is 2. The topological polar surface area (TPSA) is 86.2 Å². The van der Waals surface area contributed by atoms with E-state index in [-0.39, 0.29) is 11.5 Å². The molecule has 5 heteroatoms. The smallest absolute Gasteiger partial charge is 0.494 e. The fourth-order valence-corrected chi connectivity index (χ4v) is 1.59. The van der Waals surface area contributed by atoms with Crippen molar-refractivity contribution in [1.29, 1.82) is 0 Å². The van der Waals surface area contributed by atoms with Crippen molar-refractivity contribution in [3.8, 4) is 5.75 Å². The van der Waals surface area contributed by atoms with Gasteiger partial charge in [0.1, 0.15) is 11.4 Å². The first-order valence-corrected chi connectivity index (χ1v) is 5.21. The summed E-state index contributed by atoms with van der Waals surface area (Å²) < 4.78 is 1.22. The molecule has 0 aromatic heterocycles. The van der Waals surface area contributed by atoms with Gasteiger partial charge in [-0.25, -0.2) is 0 Å². The molecule has 5 nitrogen and oxygen atoms in total. The molecular weight excluding hydrogens is 232 g/mol. The summed E-state index contributed by atoms with van der Waals surface area (Å²) in [6, 6.07) is 4.99. The molecule has 0 aliphatic heterocycles. The Morgan fingerprint density at radius 2 is 1.61 bits per heavy atom. The van der Waals surface area contributed by atoms with Crippen LogP contribution in [0.3, 0.4) is 0 Å². The summed E-state index contributed by atoms with van der Waals surface area (Å²) in [5, 5.41) is 11.0. The fraction of sp³-hybridized carbons (Fsp3) is 0. The molecule has 90 valence electrons. The maximum atomic E-state index is 11.5. The van der Waals surface area contributed by atoms with Crippen molar-refractivity contribution in [3.05, 3.63) is 48.6 Å². The van der Waals surface area contributed by atoms with E-state index < -0.39 is 6.03 Å². The zero-order chi connectivity index (χ0) is 13.1. The quantitative estimate of drug-likeness (QED) is 0.578. The third-order valence-electron chi connectivity index (χ3n) is 2.41. The molecule has 0 atom stereocenters. The second-order valence-corrected chi connectivity index (χ2v) is 3.66. The maximum Gasteiger partial charge on any atom is 0.494 e. The van der Waals surface area contributed by atoms with Crippen molar-refractivity contribution in [2.75, 3.05) is 0 Å². The Morgan fingerprint density at radius 3 is 2.11 bits per heavy atom. The number of benzene rings is 1. The van der Waals surface area contributed by atoms with Crippen molar-refractivity contribution in [3.63, 3.8) is 0 Å². The first-order chi connectivity index (χ1) is 8.58. The summed E-state index contributed by atoms with van der Waals surface area (Å²) in [6.07, 6.45) is 5.68. The van der Waals surface area contributed by atoms with Crippen LogP contribution in [0.5, 0.6) is 5.75 Å². The number of hydrogen-bond acceptors (Lipinski definition) is 3. The third kappa shape index (κ3) is 2.35. The van der Waals surface area contributed by atoms with Crippen molar-refractivity contribution < 1.29 is 19.3 Å². The van der Waals surface area contributed by atoms with Gasteiger partial charge in [-0.15, -0.1) is 5.75 Å². The molecule has 0 saturated heterocycles. The highest BCUT2D eigenvalue weighted by molar-refractivity contribution is 6.15. The largest absolute Gasteiger partial charge is 0.872 e. The van der Waals surface area contributed by atoms with Crippen LogP contribution >= 0.6 is 0 Å². The second kappa shape index (κ2) is 4.67. The molecule has 2 N–H and O–H groups in total. The molecule has 0 fully saturated rings. The van der Waals surface area contributed by atoms with Gasteiger partial charge in [-0.3, -0.25) is 10.5 Å². The summed E-state index contributed by atoms with van der Waals surface area (Å²) >= 11 is 0. The van der Waals surface area contributed by atoms with Gasteiger partial charge >= 0.3 is 6.03 Å². The number of urea groups is 1. The van der Waals surface area contributed by atoms with Crippen molar-refractivity contribution >= 4 is 23.2 Å². The summed E-state index contributed by atoms with van der Waals surface area (Å²) in [7, 11) is 0. The first kappa shape index (κ1) is 11.8. The van der Waals surface area contributed by atoms with Gasteiger partial charge in [-0.1, -0.05) is 12.1 Å². The molecule has 0 heterocycles. The predicted octanol–water partition coefficient (Wildman–Crippen LogP) is 0.619. The van der Waals surface area contributed by atoms with Crippen LogP contribution in [0.4, 0.5) is 10.5 Å². The van der Waals surface area contributed by atoms with Crippen molar-refractivity contribution in [2.24, 2.45) is 5.73 Å². The monoisotopic (exact) mass is 242 g/mol. The van der Waals surface area contributed by atoms with E-state index in [1.54, 1.807) is 0 Å². The normalized spacial score (nSPS) is 13.8. The number of hydrogen-bond donors (Lipinski definition) is 1. The average molecular weight is 242 g/mol. The van der Waals surface area contributed by atoms with Gasteiger partial charge in [0.2, 0.25) is 0 Å². The summed E-state index contributed by atoms with van der Waals surface area (Å²) in [5.74, 6) is -0.309. The molecule has 0 radical (unpaired) electrons. The van der Waals surface area contributed by atoms with Crippen LogP contribution in [-0.2, 0) is 4.79 Å². The van der Waals surface area contributed by atoms with Gasteiger partial charge in [-0.05, 0) is 36.4 Å². The number of allylic oxidation sites excluding steroid dienone is 4. The molecule has 2 amide bonds. The molecule has 0 unspecified atom stereocenters. The standard InChI is InChI=1S/C13H10N2O3/c14-13(18)15(9-1-5-11(16)6-2-9)10-3-7-12(17)8-4-10/h1-8H,(H2-,14,16,17,18). The fourth-order valence-electron chi connectivity index (χ4n) is 1.59. The lowest BCUT2D eigenvalue weighted by molar-refractivity contribution is -0.328. The van der Waals surface area contributed by atoms with Crippen LogP contribution in [0.1, 0.15) is 0 Å². The Balaban J connectivity index is 2.53. The number of carbonyl (C=O) groups is 2. The van der Waals surface area contributed by atoms with Gasteiger partial charge in [-0.2, -0.15) is 9.37 Å². The lowest BCUT2D eigenvalue weighted by Gasteiger charge is -2.08. The van der Waals surface area contributed by atoms with E-state index in [1.807, 2.05) is 0 Å². The van der Waals surface area contributed by atoms with Crippen LogP contribution in [0.2, 0.25) is 0 Å². The van der Waals surface area contributed by atoms with Crippen LogP contribution in [0, 0.1) is 0 Å². The van der Waals surface area contributed by atoms with E-state index in [9.17, 15) is 14.7 Å². The highest BCUT2D eigenvalue weighted by Crippen LogP contribution is 2.16. The van der Waals surface area contributed by atoms with E-state index in [1.165, 1.54) is 53.1 Å². The van der Waals surface area contributed by atoms with E-state index in [2.05, 4.69) is 0 Å². The Morgan fingerprint density at radius 1 is 1.06 bits per heavy atom. The number of nitrogens with zero attached hydrogens (tertiary/aromatic N) is 1. The minimum Gasteiger partial charge on any atom is -0.872 e. The van der Waals surface area contributed by atoms with Gasteiger partial charge in [0.25, 0.3) is 0 Å². The highest BCUT2D eigenvalue weighted by atomic mass is 16.3. The molecular formula is C13H10N2O3. The van der Waals surface area contributed by atoms with Crippen LogP contribution < -0.4 is 10.8 Å². The summed E-state index contributed by atoms with van der Waals surface area (Å²) in [6.45, 7) is 0. The Hall–Kier alpha value is -2.69. The van der Waals surface area contributed by atoms with E-state index in [0.29, 0.717) is 11.4 Å². The number of nitrogens with two attached hydrogens (primary N) is 1. The number of amides is 2. The Kier molecular flexibility index (Phi) is 3.05. The lowest BCUT2D eigenvalue weighted by Crippen LogP contribution is -2.28. The average Bonchev–Trinajstić information content (AvgIpc) is 2.34. The zero-order valence-corrected chi connectivity index (χ0v) is 9.37. The molecule has 18 heavy (non-hydrogen) atoms. The second-order valence-electron chi connectivity index (χ2n) is 3.66. The number of ketones is 1. The highest BCUT2D eigenvalue weighted by Gasteiger charge is 2.18. The SMILES string of the molecule is NC(=O)[N+](=C1C=CC(=O)C=C1)c1ccc([O-])cc1. The number of rotatable bonds is 1. The molecule has 0 saturated carbocycles. The Labute approximate surface area is 103 Å². The molecule has 1 aliphatic carbocycles. The van der Waals surface area contributed by atoms with Crippen molar-refractivity contribution in [2.45, 2.75) is 0 Å². The Bertz CT molecular complexity index is 577. The van der Waals surface area contributed by atoms with E-state index in [0.717, 1.165) is 0 Å². The van der Waals surface area contributed by atoms with E-state index in [4.69, 9.17) is 5.73 Å². The van der Waals surface area contributed by atoms with Gasteiger partial charge < -0.3 is 5.11 Å². The first-order valence-electron chi connectivity index (χ1n) is 5.21. The van der Waals surface area contributed by atoms with Crippen molar-refractivity contribution in [1.82, 2.24) is 0 Å². The minimum absolute atomic E-state index is 0.155. The minimum atomic E-state index is -0.688. The predicted molar refractivity (Wildman–Crippen MR) is 63.7 cm³/mol. The number of primary amides is 1.